The number of aliphatic hydroxyl groups excluding tert-OH is 1. The second-order valence-corrected chi connectivity index (χ2v) is 6.62. The second kappa shape index (κ2) is 10.1. The predicted octanol–water partition coefficient (Wildman–Crippen LogP) is 3.78. The lowest BCUT2D eigenvalue weighted by Crippen LogP contribution is -2.32. The highest BCUT2D eigenvalue weighted by molar-refractivity contribution is 6.30. The number of methoxy groups -OCH3 is 1. The molecule has 0 radical (unpaired) electrons. The molecule has 0 amide bonds. The number of carbonyl (C=O) groups is 1. The number of benzene rings is 2. The van der Waals surface area contributed by atoms with E-state index in [2.05, 4.69) is 17.0 Å². The van der Waals surface area contributed by atoms with Gasteiger partial charge in [0.25, 0.3) is 0 Å². The monoisotopic (exact) mass is 373 g/mol. The van der Waals surface area contributed by atoms with Gasteiger partial charge >= 0.3 is 5.97 Å². The highest BCUT2D eigenvalue weighted by atomic mass is 35.5. The van der Waals surface area contributed by atoms with Gasteiger partial charge in [0.05, 0.1) is 13.2 Å². The van der Waals surface area contributed by atoms with E-state index in [4.69, 9.17) is 11.6 Å². The van der Waals surface area contributed by atoms with Crippen molar-refractivity contribution in [3.8, 4) is 0 Å². The number of rotatable bonds is 8. The van der Waals surface area contributed by atoms with Gasteiger partial charge in [0.15, 0.2) is 0 Å². The van der Waals surface area contributed by atoms with Crippen LogP contribution in [-0.4, -0.2) is 30.8 Å². The number of halogens is 1. The largest absolute Gasteiger partial charge is 0.466 e. The minimum Gasteiger partial charge on any atom is -0.466 e. The molecule has 0 bridgehead atoms. The molecule has 138 valence electrons. The highest BCUT2D eigenvalue weighted by Gasteiger charge is 2.10. The zero-order valence-corrected chi connectivity index (χ0v) is 15.7. The molecular formula is C21H24ClNO3. The van der Waals surface area contributed by atoms with Crippen molar-refractivity contribution in [2.75, 3.05) is 13.7 Å². The first-order valence-corrected chi connectivity index (χ1v) is 8.87. The summed E-state index contributed by atoms with van der Waals surface area (Å²) in [6.07, 6.45) is 3.36. The predicted molar refractivity (Wildman–Crippen MR) is 105 cm³/mol. The summed E-state index contributed by atoms with van der Waals surface area (Å²) in [6.45, 7) is 2.54. The van der Waals surface area contributed by atoms with Crippen LogP contribution in [0.1, 0.15) is 29.7 Å². The van der Waals surface area contributed by atoms with Gasteiger partial charge in [-0.3, -0.25) is 0 Å². The van der Waals surface area contributed by atoms with Crippen LogP contribution in [0, 0.1) is 0 Å². The van der Waals surface area contributed by atoms with Crippen molar-refractivity contribution < 1.29 is 14.6 Å². The molecule has 0 aliphatic rings. The first-order chi connectivity index (χ1) is 12.5. The van der Waals surface area contributed by atoms with E-state index in [1.807, 2.05) is 36.4 Å². The minimum atomic E-state index is -0.595. The highest BCUT2D eigenvalue weighted by Crippen LogP contribution is 2.17. The molecule has 2 aromatic rings. The molecule has 2 rings (SSSR count). The maximum absolute atomic E-state index is 11.1. The van der Waals surface area contributed by atoms with Crippen molar-refractivity contribution in [2.24, 2.45) is 0 Å². The molecule has 2 atom stereocenters. The minimum absolute atomic E-state index is 0.209. The summed E-state index contributed by atoms with van der Waals surface area (Å²) in [5.41, 5.74) is 2.92. The number of esters is 1. The number of nitrogens with one attached hydrogen (secondary N) is 1. The molecule has 0 aromatic heterocycles. The van der Waals surface area contributed by atoms with Crippen LogP contribution < -0.4 is 5.32 Å². The third kappa shape index (κ3) is 6.64. The summed E-state index contributed by atoms with van der Waals surface area (Å²) < 4.78 is 4.57. The van der Waals surface area contributed by atoms with Crippen molar-refractivity contribution in [2.45, 2.75) is 25.5 Å². The van der Waals surface area contributed by atoms with Gasteiger partial charge in [-0.05, 0) is 48.2 Å². The molecule has 26 heavy (non-hydrogen) atoms. The molecular weight excluding hydrogens is 350 g/mol. The van der Waals surface area contributed by atoms with Gasteiger partial charge in [0.1, 0.15) is 0 Å². The lowest BCUT2D eigenvalue weighted by atomic mass is 10.0. The second-order valence-electron chi connectivity index (χ2n) is 6.18. The fourth-order valence-corrected chi connectivity index (χ4v) is 2.77. The summed E-state index contributed by atoms with van der Waals surface area (Å²) in [4.78, 5) is 11.1. The zero-order valence-electron chi connectivity index (χ0n) is 15.0. The molecule has 0 saturated carbocycles. The van der Waals surface area contributed by atoms with Crippen LogP contribution in [0.2, 0.25) is 5.02 Å². The number of hydrogen-bond donors (Lipinski definition) is 2. The lowest BCUT2D eigenvalue weighted by molar-refractivity contribution is -0.134. The Balaban J connectivity index is 1.82. The van der Waals surface area contributed by atoms with Gasteiger partial charge < -0.3 is 15.2 Å². The van der Waals surface area contributed by atoms with Crippen molar-refractivity contribution in [1.29, 1.82) is 0 Å². The summed E-state index contributed by atoms with van der Waals surface area (Å²) in [5.74, 6) is -0.370. The maximum atomic E-state index is 11.1. The Kier molecular flexibility index (Phi) is 7.85. The van der Waals surface area contributed by atoms with Crippen LogP contribution in [0.5, 0.6) is 0 Å². The van der Waals surface area contributed by atoms with E-state index in [0.717, 1.165) is 17.5 Å². The van der Waals surface area contributed by atoms with Gasteiger partial charge in [-0.2, -0.15) is 0 Å². The molecule has 2 aromatic carbocycles. The van der Waals surface area contributed by atoms with Crippen LogP contribution in [0.4, 0.5) is 0 Å². The summed E-state index contributed by atoms with van der Waals surface area (Å²) in [6, 6.07) is 15.5. The standard InChI is InChI=1S/C21H24ClNO3/c1-15(23-14-20(24)18-4-3-5-19(22)13-18)12-17-8-6-16(7-9-17)10-11-21(25)26-2/h3-11,13,15,20,23-24H,12,14H2,1-2H3. The van der Waals surface area contributed by atoms with Crippen LogP contribution >= 0.6 is 11.6 Å². The molecule has 2 unspecified atom stereocenters. The Labute approximate surface area is 159 Å². The Morgan fingerprint density at radius 3 is 2.65 bits per heavy atom. The maximum Gasteiger partial charge on any atom is 0.330 e. The Bertz CT molecular complexity index is 743. The van der Waals surface area contributed by atoms with E-state index in [1.165, 1.54) is 18.7 Å². The summed E-state index contributed by atoms with van der Waals surface area (Å²) >= 11 is 5.96. The Hall–Kier alpha value is -2.14. The van der Waals surface area contributed by atoms with Gasteiger partial charge in [-0.15, -0.1) is 0 Å². The van der Waals surface area contributed by atoms with E-state index in [9.17, 15) is 9.90 Å². The van der Waals surface area contributed by atoms with Gasteiger partial charge in [-0.1, -0.05) is 48.0 Å². The molecule has 0 fully saturated rings. The quantitative estimate of drug-likeness (QED) is 0.546. The fourth-order valence-electron chi connectivity index (χ4n) is 2.57. The summed E-state index contributed by atoms with van der Waals surface area (Å²) in [7, 11) is 1.35. The van der Waals surface area contributed by atoms with E-state index in [1.54, 1.807) is 18.2 Å². The van der Waals surface area contributed by atoms with Crippen LogP contribution in [0.25, 0.3) is 6.08 Å². The summed E-state index contributed by atoms with van der Waals surface area (Å²) in [5, 5.41) is 14.2. The number of carbonyl (C=O) groups excluding carboxylic acids is 1. The van der Waals surface area contributed by atoms with Gasteiger partial charge in [0.2, 0.25) is 0 Å². The molecule has 2 N–H and O–H groups in total. The number of hydrogen-bond acceptors (Lipinski definition) is 4. The molecule has 0 heterocycles. The molecule has 4 nitrogen and oxygen atoms in total. The Morgan fingerprint density at radius 1 is 1.27 bits per heavy atom. The van der Waals surface area contributed by atoms with E-state index < -0.39 is 6.10 Å². The average molecular weight is 374 g/mol. The van der Waals surface area contributed by atoms with Crippen LogP contribution in [0.15, 0.2) is 54.6 Å². The third-order valence-corrected chi connectivity index (χ3v) is 4.26. The smallest absolute Gasteiger partial charge is 0.330 e. The van der Waals surface area contributed by atoms with Crippen LogP contribution in [0.3, 0.4) is 0 Å². The number of ether oxygens (including phenoxy) is 1. The molecule has 0 spiro atoms. The topological polar surface area (TPSA) is 58.6 Å². The van der Waals surface area contributed by atoms with E-state index in [-0.39, 0.29) is 12.0 Å². The SMILES string of the molecule is COC(=O)C=Cc1ccc(CC(C)NCC(O)c2cccc(Cl)c2)cc1. The molecule has 0 aliphatic heterocycles. The zero-order chi connectivity index (χ0) is 18.9. The fraction of sp³-hybridized carbons (Fsp3) is 0.286. The van der Waals surface area contributed by atoms with Crippen molar-refractivity contribution in [3.05, 3.63) is 76.3 Å². The normalized spacial score (nSPS) is 13.5. The van der Waals surface area contributed by atoms with E-state index in [0.29, 0.717) is 11.6 Å². The van der Waals surface area contributed by atoms with Crippen molar-refractivity contribution >= 4 is 23.6 Å². The Morgan fingerprint density at radius 2 is 2.00 bits per heavy atom. The molecule has 0 saturated heterocycles. The molecule has 5 heteroatoms. The van der Waals surface area contributed by atoms with E-state index >= 15 is 0 Å². The lowest BCUT2D eigenvalue weighted by Gasteiger charge is -2.18. The third-order valence-electron chi connectivity index (χ3n) is 4.03. The van der Waals surface area contributed by atoms with Crippen LogP contribution in [-0.2, 0) is 16.0 Å². The van der Waals surface area contributed by atoms with Crippen molar-refractivity contribution in [3.63, 3.8) is 0 Å². The van der Waals surface area contributed by atoms with Crippen molar-refractivity contribution in [1.82, 2.24) is 5.32 Å². The van der Waals surface area contributed by atoms with Gasteiger partial charge in [0, 0.05) is 23.7 Å². The first kappa shape index (κ1) is 20.2. The first-order valence-electron chi connectivity index (χ1n) is 8.50. The number of aliphatic hydroxyl groups is 1. The molecule has 0 aliphatic carbocycles. The van der Waals surface area contributed by atoms with Gasteiger partial charge in [-0.25, -0.2) is 4.79 Å². The average Bonchev–Trinajstić information content (AvgIpc) is 2.65.